The molecular formula is C15H22O. The van der Waals surface area contributed by atoms with E-state index in [0.717, 1.165) is 25.2 Å². The van der Waals surface area contributed by atoms with Crippen LogP contribution in [0.2, 0.25) is 0 Å². The van der Waals surface area contributed by atoms with Crippen LogP contribution in [-0.2, 0) is 6.42 Å². The smallest absolute Gasteiger partial charge is 0.122 e. The predicted octanol–water partition coefficient (Wildman–Crippen LogP) is 4.23. The van der Waals surface area contributed by atoms with Crippen molar-refractivity contribution in [2.75, 3.05) is 6.61 Å². The molecule has 0 aliphatic heterocycles. The second kappa shape index (κ2) is 5.74. The molecule has 0 fully saturated rings. The Morgan fingerprint density at radius 2 is 1.94 bits per heavy atom. The molecule has 0 spiro atoms. The van der Waals surface area contributed by atoms with Gasteiger partial charge >= 0.3 is 0 Å². The molecule has 0 saturated carbocycles. The highest BCUT2D eigenvalue weighted by molar-refractivity contribution is 5.34. The maximum atomic E-state index is 5.82. The van der Waals surface area contributed by atoms with Crippen molar-refractivity contribution < 1.29 is 4.74 Å². The van der Waals surface area contributed by atoms with Gasteiger partial charge in [0.2, 0.25) is 0 Å². The van der Waals surface area contributed by atoms with E-state index >= 15 is 0 Å². The van der Waals surface area contributed by atoms with Gasteiger partial charge in [0.15, 0.2) is 0 Å². The molecule has 0 aromatic heterocycles. The second-order valence-electron chi connectivity index (χ2n) is 5.26. The fourth-order valence-electron chi connectivity index (χ4n) is 1.44. The van der Waals surface area contributed by atoms with E-state index < -0.39 is 0 Å². The Kier molecular flexibility index (Phi) is 4.60. The van der Waals surface area contributed by atoms with Crippen molar-refractivity contribution in [1.82, 2.24) is 0 Å². The summed E-state index contributed by atoms with van der Waals surface area (Å²) in [5.74, 6) is 0.992. The summed E-state index contributed by atoms with van der Waals surface area (Å²) >= 11 is 0. The molecule has 88 valence electrons. The summed E-state index contributed by atoms with van der Waals surface area (Å²) in [6.07, 6.45) is 3.84. The molecule has 0 aliphatic carbocycles. The molecule has 16 heavy (non-hydrogen) atoms. The molecule has 0 heterocycles. The van der Waals surface area contributed by atoms with Gasteiger partial charge in [-0.3, -0.25) is 0 Å². The minimum atomic E-state index is 0.327. The monoisotopic (exact) mass is 218 g/mol. The molecule has 1 aromatic carbocycles. The number of para-hydroxylation sites is 1. The number of allylic oxidation sites excluding steroid dienone is 1. The SMILES string of the molecule is C=CCc1ccccc1OCCC(C)(C)C. The number of rotatable bonds is 5. The molecule has 0 bridgehead atoms. The zero-order valence-corrected chi connectivity index (χ0v) is 10.6. The molecule has 0 aliphatic rings. The van der Waals surface area contributed by atoms with Crippen LogP contribution in [0.5, 0.6) is 5.75 Å². The van der Waals surface area contributed by atoms with Gasteiger partial charge in [-0.2, -0.15) is 0 Å². The molecule has 0 amide bonds. The molecule has 0 radical (unpaired) electrons. The van der Waals surface area contributed by atoms with Crippen molar-refractivity contribution in [1.29, 1.82) is 0 Å². The predicted molar refractivity (Wildman–Crippen MR) is 69.9 cm³/mol. The van der Waals surface area contributed by atoms with Gasteiger partial charge in [-0.25, -0.2) is 0 Å². The lowest BCUT2D eigenvalue weighted by molar-refractivity contribution is 0.241. The first-order valence-electron chi connectivity index (χ1n) is 5.84. The van der Waals surface area contributed by atoms with Crippen LogP contribution in [0.25, 0.3) is 0 Å². The third-order valence-corrected chi connectivity index (χ3v) is 2.45. The Bertz CT molecular complexity index is 334. The summed E-state index contributed by atoms with van der Waals surface area (Å²) < 4.78 is 5.82. The van der Waals surface area contributed by atoms with Gasteiger partial charge in [0.1, 0.15) is 5.75 Å². The highest BCUT2D eigenvalue weighted by Gasteiger charge is 2.10. The van der Waals surface area contributed by atoms with Crippen molar-refractivity contribution in [2.45, 2.75) is 33.6 Å². The summed E-state index contributed by atoms with van der Waals surface area (Å²) in [6, 6.07) is 8.17. The fraction of sp³-hybridized carbons (Fsp3) is 0.467. The van der Waals surface area contributed by atoms with Gasteiger partial charge < -0.3 is 4.74 Å². The Labute approximate surface area is 99.1 Å². The maximum absolute atomic E-state index is 5.82. The van der Waals surface area contributed by atoms with E-state index in [1.807, 2.05) is 24.3 Å². The lowest BCUT2D eigenvalue weighted by Crippen LogP contribution is -2.11. The van der Waals surface area contributed by atoms with Gasteiger partial charge in [-0.15, -0.1) is 6.58 Å². The lowest BCUT2D eigenvalue weighted by atomic mass is 9.93. The first-order valence-corrected chi connectivity index (χ1v) is 5.84. The third-order valence-electron chi connectivity index (χ3n) is 2.45. The third kappa shape index (κ3) is 4.52. The standard InChI is InChI=1S/C15H22O/c1-5-8-13-9-6-7-10-14(13)16-12-11-15(2,3)4/h5-7,9-10H,1,8,11-12H2,2-4H3. The zero-order valence-electron chi connectivity index (χ0n) is 10.6. The largest absolute Gasteiger partial charge is 0.493 e. The number of ether oxygens (including phenoxy) is 1. The van der Waals surface area contributed by atoms with Gasteiger partial charge in [0, 0.05) is 0 Å². The Balaban J connectivity index is 2.56. The van der Waals surface area contributed by atoms with Crippen LogP contribution in [-0.4, -0.2) is 6.61 Å². The minimum absolute atomic E-state index is 0.327. The number of benzene rings is 1. The van der Waals surface area contributed by atoms with Crippen molar-refractivity contribution >= 4 is 0 Å². The Hall–Kier alpha value is -1.24. The summed E-state index contributed by atoms with van der Waals surface area (Å²) in [6.45, 7) is 11.2. The van der Waals surface area contributed by atoms with Crippen LogP contribution in [0, 0.1) is 5.41 Å². The van der Waals surface area contributed by atoms with Crippen molar-refractivity contribution in [3.05, 3.63) is 42.5 Å². The summed E-state index contributed by atoms with van der Waals surface area (Å²) in [5.41, 5.74) is 1.54. The van der Waals surface area contributed by atoms with E-state index in [4.69, 9.17) is 4.74 Å². The molecule has 1 heteroatoms. The Morgan fingerprint density at radius 3 is 2.56 bits per heavy atom. The summed E-state index contributed by atoms with van der Waals surface area (Å²) in [7, 11) is 0. The lowest BCUT2D eigenvalue weighted by Gasteiger charge is -2.18. The highest BCUT2D eigenvalue weighted by Crippen LogP contribution is 2.22. The van der Waals surface area contributed by atoms with Gasteiger partial charge in [0.25, 0.3) is 0 Å². The van der Waals surface area contributed by atoms with Crippen LogP contribution in [0.1, 0.15) is 32.8 Å². The van der Waals surface area contributed by atoms with E-state index in [1.165, 1.54) is 5.56 Å². The zero-order chi connectivity index (χ0) is 12.0. The van der Waals surface area contributed by atoms with Crippen molar-refractivity contribution in [3.63, 3.8) is 0 Å². The van der Waals surface area contributed by atoms with Gasteiger partial charge in [-0.05, 0) is 29.9 Å². The summed E-state index contributed by atoms with van der Waals surface area (Å²) in [4.78, 5) is 0. The average molecular weight is 218 g/mol. The van der Waals surface area contributed by atoms with Crippen LogP contribution < -0.4 is 4.74 Å². The maximum Gasteiger partial charge on any atom is 0.122 e. The Morgan fingerprint density at radius 1 is 1.25 bits per heavy atom. The van der Waals surface area contributed by atoms with Crippen LogP contribution >= 0.6 is 0 Å². The first kappa shape index (κ1) is 12.8. The molecule has 1 rings (SSSR count). The minimum Gasteiger partial charge on any atom is -0.493 e. The van der Waals surface area contributed by atoms with Gasteiger partial charge in [0.05, 0.1) is 6.61 Å². The molecular weight excluding hydrogens is 196 g/mol. The quantitative estimate of drug-likeness (QED) is 0.672. The van der Waals surface area contributed by atoms with E-state index in [2.05, 4.69) is 33.4 Å². The molecule has 1 aromatic rings. The molecule has 1 nitrogen and oxygen atoms in total. The number of hydrogen-bond acceptors (Lipinski definition) is 1. The van der Waals surface area contributed by atoms with E-state index in [1.54, 1.807) is 0 Å². The molecule has 0 unspecified atom stereocenters. The van der Waals surface area contributed by atoms with E-state index in [9.17, 15) is 0 Å². The molecule has 0 saturated heterocycles. The number of hydrogen-bond donors (Lipinski definition) is 0. The van der Waals surface area contributed by atoms with Crippen molar-refractivity contribution in [2.24, 2.45) is 5.41 Å². The normalized spacial score (nSPS) is 11.2. The fourth-order valence-corrected chi connectivity index (χ4v) is 1.44. The highest BCUT2D eigenvalue weighted by atomic mass is 16.5. The second-order valence-corrected chi connectivity index (χ2v) is 5.26. The summed E-state index contributed by atoms with van der Waals surface area (Å²) in [5, 5.41) is 0. The molecule has 0 atom stereocenters. The van der Waals surface area contributed by atoms with E-state index in [-0.39, 0.29) is 0 Å². The average Bonchev–Trinajstić information content (AvgIpc) is 2.19. The van der Waals surface area contributed by atoms with Crippen LogP contribution in [0.4, 0.5) is 0 Å². The van der Waals surface area contributed by atoms with Crippen LogP contribution in [0.3, 0.4) is 0 Å². The topological polar surface area (TPSA) is 9.23 Å². The van der Waals surface area contributed by atoms with Crippen molar-refractivity contribution in [3.8, 4) is 5.75 Å². The molecule has 0 N–H and O–H groups in total. The van der Waals surface area contributed by atoms with Crippen LogP contribution in [0.15, 0.2) is 36.9 Å². The van der Waals surface area contributed by atoms with E-state index in [0.29, 0.717) is 5.41 Å². The first-order chi connectivity index (χ1) is 7.53. The van der Waals surface area contributed by atoms with Gasteiger partial charge in [-0.1, -0.05) is 45.0 Å².